The van der Waals surface area contributed by atoms with E-state index in [0.29, 0.717) is 11.8 Å². The molecule has 2 nitrogen and oxygen atoms in total. The lowest BCUT2D eigenvalue weighted by Gasteiger charge is -2.32. The summed E-state index contributed by atoms with van der Waals surface area (Å²) < 4.78 is 0. The molecule has 3 aliphatic carbocycles. The van der Waals surface area contributed by atoms with Crippen LogP contribution in [0.25, 0.3) is 0 Å². The summed E-state index contributed by atoms with van der Waals surface area (Å²) in [5.74, 6) is 3.01. The Morgan fingerprint density at radius 3 is 2.93 bits per heavy atom. The summed E-state index contributed by atoms with van der Waals surface area (Å²) in [4.78, 5) is 3.99. The van der Waals surface area contributed by atoms with E-state index in [0.717, 1.165) is 23.2 Å². The van der Waals surface area contributed by atoms with Gasteiger partial charge in [-0.15, -0.1) is 0 Å². The third-order valence-corrected chi connectivity index (χ3v) is 4.28. The minimum absolute atomic E-state index is 0.583. The molecule has 2 heteroatoms. The van der Waals surface area contributed by atoms with Crippen molar-refractivity contribution in [2.45, 2.75) is 19.3 Å². The van der Waals surface area contributed by atoms with Crippen molar-refractivity contribution in [2.75, 3.05) is 0 Å². The van der Waals surface area contributed by atoms with Gasteiger partial charge < -0.3 is 5.73 Å². The molecule has 14 heavy (non-hydrogen) atoms. The van der Waals surface area contributed by atoms with Crippen molar-refractivity contribution in [1.82, 2.24) is 0 Å². The molecule has 0 radical (unpaired) electrons. The Bertz CT molecular complexity index is 340. The fourth-order valence-electron chi connectivity index (χ4n) is 3.69. The van der Waals surface area contributed by atoms with Gasteiger partial charge in [0.15, 0.2) is 0 Å². The first-order chi connectivity index (χ1) is 6.81. The fraction of sp³-hybridized carbons (Fsp3) is 0.583. The summed E-state index contributed by atoms with van der Waals surface area (Å²) >= 11 is 0. The molecule has 74 valence electrons. The maximum atomic E-state index is 6.16. The molecular formula is C12H16N2. The number of rotatable bonds is 1. The maximum absolute atomic E-state index is 6.16. The molecule has 0 aromatic carbocycles. The zero-order valence-corrected chi connectivity index (χ0v) is 8.32. The summed E-state index contributed by atoms with van der Waals surface area (Å²) in [5, 5.41) is 0. The summed E-state index contributed by atoms with van der Waals surface area (Å²) in [6.45, 7) is 3.57. The second kappa shape index (κ2) is 2.72. The number of allylic oxidation sites excluding steroid dienone is 3. The van der Waals surface area contributed by atoms with Gasteiger partial charge in [0, 0.05) is 11.6 Å². The van der Waals surface area contributed by atoms with Gasteiger partial charge in [0.1, 0.15) is 0 Å². The lowest BCUT2D eigenvalue weighted by Crippen LogP contribution is -2.29. The smallest absolute Gasteiger partial charge is 0.0809 e. The molecule has 3 aliphatic rings. The van der Waals surface area contributed by atoms with Crippen molar-refractivity contribution in [1.29, 1.82) is 0 Å². The molecular weight excluding hydrogens is 172 g/mol. The molecule has 0 amide bonds. The molecule has 0 spiro atoms. The molecule has 2 saturated carbocycles. The second-order valence-electron chi connectivity index (χ2n) is 4.79. The van der Waals surface area contributed by atoms with Gasteiger partial charge in [0.25, 0.3) is 0 Å². The molecule has 0 heterocycles. The lowest BCUT2D eigenvalue weighted by atomic mass is 9.75. The number of hydrogen-bond donors (Lipinski definition) is 1. The molecule has 4 unspecified atom stereocenters. The molecule has 0 aromatic rings. The minimum Gasteiger partial charge on any atom is -0.400 e. The normalized spacial score (nSPS) is 44.3. The van der Waals surface area contributed by atoms with Crippen LogP contribution in [0.4, 0.5) is 0 Å². The monoisotopic (exact) mass is 188 g/mol. The van der Waals surface area contributed by atoms with Crippen LogP contribution in [0.5, 0.6) is 0 Å². The average molecular weight is 188 g/mol. The number of aliphatic imine (C=N–C) groups is 1. The molecule has 3 rings (SSSR count). The Kier molecular flexibility index (Phi) is 1.61. The highest BCUT2D eigenvalue weighted by molar-refractivity contribution is 5.40. The van der Waals surface area contributed by atoms with Gasteiger partial charge in [-0.05, 0) is 49.8 Å². The first-order valence-electron chi connectivity index (χ1n) is 5.46. The van der Waals surface area contributed by atoms with Crippen LogP contribution in [0.1, 0.15) is 19.3 Å². The van der Waals surface area contributed by atoms with E-state index in [4.69, 9.17) is 5.73 Å². The standard InChI is InChI=1S/C12H16N2/c1-14-10-5-4-9-7-2-3-8(6-7)11(9)12(10)13/h4-5,7-9,11H,1-3,6,13H2. The van der Waals surface area contributed by atoms with E-state index in [1.807, 2.05) is 0 Å². The van der Waals surface area contributed by atoms with Crippen LogP contribution in [0, 0.1) is 23.7 Å². The first kappa shape index (κ1) is 8.27. The first-order valence-corrected chi connectivity index (χ1v) is 5.46. The topological polar surface area (TPSA) is 38.4 Å². The number of fused-ring (bicyclic) bond motifs is 5. The zero-order chi connectivity index (χ0) is 9.71. The van der Waals surface area contributed by atoms with Gasteiger partial charge in [0.2, 0.25) is 0 Å². The summed E-state index contributed by atoms with van der Waals surface area (Å²) in [7, 11) is 0. The number of nitrogens with two attached hydrogens (primary N) is 1. The van der Waals surface area contributed by atoms with E-state index in [2.05, 4.69) is 23.9 Å². The van der Waals surface area contributed by atoms with Gasteiger partial charge in [-0.25, -0.2) is 0 Å². The Labute approximate surface area is 84.6 Å². The highest BCUT2D eigenvalue weighted by Crippen LogP contribution is 2.56. The van der Waals surface area contributed by atoms with E-state index in [9.17, 15) is 0 Å². The lowest BCUT2D eigenvalue weighted by molar-refractivity contribution is 0.297. The molecule has 4 atom stereocenters. The van der Waals surface area contributed by atoms with Crippen molar-refractivity contribution >= 4 is 6.72 Å². The summed E-state index contributed by atoms with van der Waals surface area (Å²) in [6.07, 6.45) is 8.52. The summed E-state index contributed by atoms with van der Waals surface area (Å²) in [5.41, 5.74) is 8.07. The third kappa shape index (κ3) is 0.887. The Hall–Kier alpha value is -1.05. The quantitative estimate of drug-likeness (QED) is 0.629. The van der Waals surface area contributed by atoms with Crippen LogP contribution in [0.15, 0.2) is 28.5 Å². The predicted molar refractivity (Wildman–Crippen MR) is 57.7 cm³/mol. The largest absolute Gasteiger partial charge is 0.400 e. The van der Waals surface area contributed by atoms with E-state index < -0.39 is 0 Å². The van der Waals surface area contributed by atoms with Crippen LogP contribution >= 0.6 is 0 Å². The highest BCUT2D eigenvalue weighted by Gasteiger charge is 2.48. The van der Waals surface area contributed by atoms with Crippen molar-refractivity contribution in [3.05, 3.63) is 23.5 Å². The van der Waals surface area contributed by atoms with Crippen LogP contribution < -0.4 is 5.73 Å². The number of hydrogen-bond acceptors (Lipinski definition) is 2. The number of nitrogens with zero attached hydrogens (tertiary/aromatic N) is 1. The van der Waals surface area contributed by atoms with Crippen molar-refractivity contribution in [3.63, 3.8) is 0 Å². The van der Waals surface area contributed by atoms with Crippen molar-refractivity contribution in [3.8, 4) is 0 Å². The van der Waals surface area contributed by atoms with Crippen molar-refractivity contribution in [2.24, 2.45) is 34.4 Å². The minimum atomic E-state index is 0.583. The van der Waals surface area contributed by atoms with Crippen LogP contribution in [0.2, 0.25) is 0 Å². The SMILES string of the molecule is C=NC1=C(N)C2C3CCC(C3)C2C=C1. The van der Waals surface area contributed by atoms with E-state index in [1.54, 1.807) is 0 Å². The Morgan fingerprint density at radius 2 is 2.14 bits per heavy atom. The fourth-order valence-corrected chi connectivity index (χ4v) is 3.69. The van der Waals surface area contributed by atoms with Gasteiger partial charge in [-0.1, -0.05) is 6.08 Å². The maximum Gasteiger partial charge on any atom is 0.0809 e. The van der Waals surface area contributed by atoms with Crippen LogP contribution in [-0.2, 0) is 0 Å². The highest BCUT2D eigenvalue weighted by atomic mass is 14.8. The van der Waals surface area contributed by atoms with Gasteiger partial charge in [-0.2, -0.15) is 0 Å². The average Bonchev–Trinajstić information content (AvgIpc) is 2.78. The Balaban J connectivity index is 2.01. The predicted octanol–water partition coefficient (Wildman–Crippen LogP) is 2.09. The van der Waals surface area contributed by atoms with E-state index in [1.165, 1.54) is 19.3 Å². The summed E-state index contributed by atoms with van der Waals surface area (Å²) in [6, 6.07) is 0. The molecule has 0 aliphatic heterocycles. The second-order valence-corrected chi connectivity index (χ2v) is 4.79. The zero-order valence-electron chi connectivity index (χ0n) is 8.32. The van der Waals surface area contributed by atoms with Crippen molar-refractivity contribution < 1.29 is 0 Å². The third-order valence-electron chi connectivity index (χ3n) is 4.28. The van der Waals surface area contributed by atoms with Gasteiger partial charge >= 0.3 is 0 Å². The van der Waals surface area contributed by atoms with Gasteiger partial charge in [-0.3, -0.25) is 4.99 Å². The van der Waals surface area contributed by atoms with Crippen LogP contribution in [-0.4, -0.2) is 6.72 Å². The van der Waals surface area contributed by atoms with E-state index >= 15 is 0 Å². The molecule has 0 aromatic heterocycles. The molecule has 2 bridgehead atoms. The Morgan fingerprint density at radius 1 is 1.36 bits per heavy atom. The van der Waals surface area contributed by atoms with Crippen LogP contribution in [0.3, 0.4) is 0 Å². The van der Waals surface area contributed by atoms with Gasteiger partial charge in [0.05, 0.1) is 5.70 Å². The molecule has 0 saturated heterocycles. The van der Waals surface area contributed by atoms with E-state index in [-0.39, 0.29) is 0 Å². The molecule has 2 fully saturated rings. The molecule has 2 N–H and O–H groups in total.